The second-order valence-electron chi connectivity index (χ2n) is 12.7. The maximum atomic E-state index is 2.43. The molecule has 0 spiro atoms. The summed E-state index contributed by atoms with van der Waals surface area (Å²) in [4.78, 5) is 0. The van der Waals surface area contributed by atoms with Gasteiger partial charge in [0, 0.05) is 16.6 Å². The average Bonchev–Trinajstić information content (AvgIpc) is 3.39. The third-order valence-corrected chi connectivity index (χ3v) is 8.95. The van der Waals surface area contributed by atoms with Gasteiger partial charge in [-0.1, -0.05) is 123 Å². The summed E-state index contributed by atoms with van der Waals surface area (Å²) in [5, 5.41) is 9.18. The molecular formula is C41H33N. The second-order valence-corrected chi connectivity index (χ2v) is 12.7. The molecule has 0 saturated heterocycles. The van der Waals surface area contributed by atoms with E-state index in [9.17, 15) is 0 Å². The molecule has 202 valence electrons. The molecule has 42 heavy (non-hydrogen) atoms. The fourth-order valence-electron chi connectivity index (χ4n) is 6.74. The van der Waals surface area contributed by atoms with Crippen LogP contribution in [0.15, 0.2) is 127 Å². The van der Waals surface area contributed by atoms with Gasteiger partial charge in [-0.15, -0.1) is 0 Å². The van der Waals surface area contributed by atoms with E-state index in [1.165, 1.54) is 82.4 Å². The number of fused-ring (bicyclic) bond motifs is 1. The van der Waals surface area contributed by atoms with Crippen molar-refractivity contribution in [3.63, 3.8) is 0 Å². The van der Waals surface area contributed by atoms with E-state index in [4.69, 9.17) is 0 Å². The van der Waals surface area contributed by atoms with Gasteiger partial charge in [0.1, 0.15) is 0 Å². The van der Waals surface area contributed by atoms with Gasteiger partial charge in [0.05, 0.1) is 11.2 Å². The molecule has 8 rings (SSSR count). The number of rotatable bonds is 3. The molecule has 1 nitrogen and oxygen atoms in total. The molecule has 0 atom stereocenters. The van der Waals surface area contributed by atoms with E-state index in [0.29, 0.717) is 0 Å². The van der Waals surface area contributed by atoms with Gasteiger partial charge in [-0.05, 0) is 91.7 Å². The van der Waals surface area contributed by atoms with E-state index in [1.807, 2.05) is 0 Å². The van der Waals surface area contributed by atoms with Gasteiger partial charge in [-0.25, -0.2) is 0 Å². The molecule has 0 bridgehead atoms. The second kappa shape index (κ2) is 9.06. The van der Waals surface area contributed by atoms with E-state index in [0.717, 1.165) is 0 Å². The Morgan fingerprint density at radius 1 is 0.524 bits per heavy atom. The molecule has 0 saturated carbocycles. The van der Waals surface area contributed by atoms with Gasteiger partial charge in [-0.3, -0.25) is 0 Å². The third kappa shape index (κ3) is 3.77. The summed E-state index contributed by atoms with van der Waals surface area (Å²) in [6.45, 7) is 9.06. The van der Waals surface area contributed by atoms with Gasteiger partial charge < -0.3 is 4.57 Å². The van der Waals surface area contributed by atoms with Crippen LogP contribution in [0.1, 0.15) is 31.9 Å². The first-order valence-electron chi connectivity index (χ1n) is 14.9. The van der Waals surface area contributed by atoms with Crippen LogP contribution in [-0.4, -0.2) is 4.57 Å². The Bertz CT molecular complexity index is 2240. The zero-order valence-electron chi connectivity index (χ0n) is 24.6. The zero-order valence-corrected chi connectivity index (χ0v) is 24.6. The highest BCUT2D eigenvalue weighted by Gasteiger charge is 2.22. The Morgan fingerprint density at radius 3 is 1.86 bits per heavy atom. The van der Waals surface area contributed by atoms with Crippen molar-refractivity contribution in [3.05, 3.63) is 139 Å². The number of aromatic nitrogens is 1. The molecule has 0 fully saturated rings. The lowest BCUT2D eigenvalue weighted by Gasteiger charge is -2.23. The summed E-state index contributed by atoms with van der Waals surface area (Å²) in [6.07, 6.45) is 0. The lowest BCUT2D eigenvalue weighted by atomic mass is 9.82. The minimum absolute atomic E-state index is 0.0826. The fraction of sp³-hybridized carbons (Fsp3) is 0.122. The number of nitrogens with zero attached hydrogens (tertiary/aromatic N) is 1. The van der Waals surface area contributed by atoms with E-state index in [-0.39, 0.29) is 5.41 Å². The molecule has 0 aliphatic heterocycles. The van der Waals surface area contributed by atoms with Crippen molar-refractivity contribution in [1.82, 2.24) is 4.57 Å². The molecule has 0 unspecified atom stereocenters. The highest BCUT2D eigenvalue weighted by Crippen LogP contribution is 2.46. The van der Waals surface area contributed by atoms with Crippen LogP contribution >= 0.6 is 0 Å². The van der Waals surface area contributed by atoms with Crippen LogP contribution in [0.5, 0.6) is 0 Å². The summed E-state index contributed by atoms with van der Waals surface area (Å²) < 4.78 is 2.43. The predicted molar refractivity (Wildman–Crippen MR) is 181 cm³/mol. The highest BCUT2D eigenvalue weighted by molar-refractivity contribution is 6.28. The molecule has 0 radical (unpaired) electrons. The molecular weight excluding hydrogens is 506 g/mol. The van der Waals surface area contributed by atoms with E-state index < -0.39 is 0 Å². The van der Waals surface area contributed by atoms with Gasteiger partial charge in [-0.2, -0.15) is 0 Å². The van der Waals surface area contributed by atoms with Crippen molar-refractivity contribution in [2.45, 2.75) is 33.1 Å². The molecule has 0 aliphatic carbocycles. The SMILES string of the molecule is Cc1ccc(-c2cc(-c3cc4ccccc4n3-c3ccccc3)c3ccc4cc(C(C)(C)C)cc5ccc2c3c54)cc1. The standard InChI is InChI=1S/C41H33N/c1-26-14-16-27(17-15-26)35-25-36(38-24-28-10-8-9-13-37(28)42(38)32-11-6-5-7-12-32)34-21-19-30-23-31(41(2,3)4)22-29-18-20-33(35)40(34)39(29)30/h5-25H,1-4H3. The monoisotopic (exact) mass is 539 g/mol. The number of para-hydroxylation sites is 2. The Morgan fingerprint density at radius 2 is 1.17 bits per heavy atom. The van der Waals surface area contributed by atoms with Crippen molar-refractivity contribution in [1.29, 1.82) is 0 Å². The topological polar surface area (TPSA) is 4.93 Å². The maximum Gasteiger partial charge on any atom is 0.0547 e. The maximum absolute atomic E-state index is 2.43. The summed E-state index contributed by atoms with van der Waals surface area (Å²) >= 11 is 0. The average molecular weight is 540 g/mol. The quantitative estimate of drug-likeness (QED) is 0.197. The molecule has 1 aromatic heterocycles. The van der Waals surface area contributed by atoms with Crippen molar-refractivity contribution in [3.8, 4) is 28.1 Å². The summed E-state index contributed by atoms with van der Waals surface area (Å²) in [5.74, 6) is 0. The first-order valence-corrected chi connectivity index (χ1v) is 14.9. The Kier molecular flexibility index (Phi) is 5.37. The Balaban J connectivity index is 1.55. The fourth-order valence-corrected chi connectivity index (χ4v) is 6.74. The molecule has 1 heteroatoms. The summed E-state index contributed by atoms with van der Waals surface area (Å²) in [7, 11) is 0. The lowest BCUT2D eigenvalue weighted by Crippen LogP contribution is -2.10. The first-order chi connectivity index (χ1) is 20.4. The van der Waals surface area contributed by atoms with E-state index >= 15 is 0 Å². The van der Waals surface area contributed by atoms with Crippen molar-refractivity contribution in [2.24, 2.45) is 0 Å². The molecule has 0 aliphatic rings. The van der Waals surface area contributed by atoms with Crippen LogP contribution in [0.25, 0.3) is 71.3 Å². The summed E-state index contributed by atoms with van der Waals surface area (Å²) in [6, 6.07) is 47.5. The minimum atomic E-state index is 0.0826. The number of hydrogen-bond donors (Lipinski definition) is 0. The zero-order chi connectivity index (χ0) is 28.6. The smallest absolute Gasteiger partial charge is 0.0547 e. The number of benzene rings is 7. The normalized spacial score (nSPS) is 12.3. The van der Waals surface area contributed by atoms with Crippen molar-refractivity contribution in [2.75, 3.05) is 0 Å². The third-order valence-electron chi connectivity index (χ3n) is 8.95. The van der Waals surface area contributed by atoms with Gasteiger partial charge in [0.2, 0.25) is 0 Å². The minimum Gasteiger partial charge on any atom is -0.309 e. The van der Waals surface area contributed by atoms with Crippen LogP contribution in [-0.2, 0) is 5.41 Å². The predicted octanol–water partition coefficient (Wildman–Crippen LogP) is 11.5. The van der Waals surface area contributed by atoms with Crippen LogP contribution in [0.4, 0.5) is 0 Å². The van der Waals surface area contributed by atoms with Crippen LogP contribution in [0.3, 0.4) is 0 Å². The van der Waals surface area contributed by atoms with Crippen LogP contribution in [0.2, 0.25) is 0 Å². The largest absolute Gasteiger partial charge is 0.309 e. The first kappa shape index (κ1) is 24.9. The van der Waals surface area contributed by atoms with Gasteiger partial charge in [0.15, 0.2) is 0 Å². The number of aryl methyl sites for hydroxylation is 1. The lowest BCUT2D eigenvalue weighted by molar-refractivity contribution is 0.591. The molecule has 8 aromatic rings. The van der Waals surface area contributed by atoms with Crippen LogP contribution < -0.4 is 0 Å². The summed E-state index contributed by atoms with van der Waals surface area (Å²) in [5.41, 5.74) is 10.1. The number of hydrogen-bond acceptors (Lipinski definition) is 0. The van der Waals surface area contributed by atoms with Crippen molar-refractivity contribution < 1.29 is 0 Å². The molecule has 1 heterocycles. The van der Waals surface area contributed by atoms with Gasteiger partial charge in [0.25, 0.3) is 0 Å². The Labute approximate surface area is 247 Å². The Hall–Kier alpha value is -4.88. The molecule has 0 amide bonds. The molecule has 0 N–H and O–H groups in total. The highest BCUT2D eigenvalue weighted by atomic mass is 15.0. The van der Waals surface area contributed by atoms with Crippen molar-refractivity contribution >= 4 is 43.2 Å². The van der Waals surface area contributed by atoms with E-state index in [1.54, 1.807) is 0 Å². The van der Waals surface area contributed by atoms with Gasteiger partial charge >= 0.3 is 0 Å². The molecule has 7 aromatic carbocycles. The van der Waals surface area contributed by atoms with Crippen LogP contribution in [0, 0.1) is 6.92 Å². The van der Waals surface area contributed by atoms with E-state index in [2.05, 4.69) is 160 Å².